The summed E-state index contributed by atoms with van der Waals surface area (Å²) in [5.41, 5.74) is 1.01. The number of hydrogen-bond acceptors (Lipinski definition) is 4. The van der Waals surface area contributed by atoms with Crippen molar-refractivity contribution in [2.24, 2.45) is 0 Å². The highest BCUT2D eigenvalue weighted by Gasteiger charge is 2.50. The molecule has 5 nitrogen and oxygen atoms in total. The molecule has 7 heteroatoms. The van der Waals surface area contributed by atoms with Crippen LogP contribution in [-0.2, 0) is 25.9 Å². The van der Waals surface area contributed by atoms with E-state index >= 15 is 0 Å². The minimum absolute atomic E-state index is 0.224. The van der Waals surface area contributed by atoms with Crippen LogP contribution in [0.1, 0.15) is 31.4 Å². The molecule has 128 valence electrons. The average molecular weight is 356 g/mol. The van der Waals surface area contributed by atoms with E-state index in [1.165, 1.54) is 0 Å². The number of carbonyl (C=O) groups is 1. The van der Waals surface area contributed by atoms with Crippen LogP contribution in [-0.4, -0.2) is 49.2 Å². The molecular weight excluding hydrogens is 331 g/mol. The summed E-state index contributed by atoms with van der Waals surface area (Å²) in [5.74, 6) is -0.326. The number of benzene rings is 1. The first-order valence-corrected chi connectivity index (χ1v) is 10.5. The second kappa shape index (κ2) is 7.86. The van der Waals surface area contributed by atoms with Gasteiger partial charge in [-0.3, -0.25) is 0 Å². The number of ether oxygens (including phenoxy) is 1. The van der Waals surface area contributed by atoms with Gasteiger partial charge in [0.05, 0.1) is 12.6 Å². The van der Waals surface area contributed by atoms with Crippen molar-refractivity contribution in [2.75, 3.05) is 27.7 Å². The Hall–Kier alpha value is -0.780. The van der Waals surface area contributed by atoms with Gasteiger partial charge in [0.2, 0.25) is 6.57 Å². The Morgan fingerprint density at radius 1 is 1.39 bits per heavy atom. The lowest BCUT2D eigenvalue weighted by molar-refractivity contribution is -0.152. The molecule has 0 saturated carbocycles. The van der Waals surface area contributed by atoms with Crippen LogP contribution in [0.5, 0.6) is 0 Å². The standard InChI is InChI=1S/C16H25N2O3PS/c1-5-6-12-20-16(19)15-14(13-10-8-7-9-11-13)18(4)22(23,21-15)17(2)3/h7-11,14-15H,5-6,12H2,1-4H3/t14-,15+,22?/m1/s1. The Morgan fingerprint density at radius 2 is 2.04 bits per heavy atom. The molecule has 2 rings (SSSR count). The molecule has 1 heterocycles. The molecule has 1 saturated heterocycles. The highest BCUT2D eigenvalue weighted by atomic mass is 32.5. The van der Waals surface area contributed by atoms with Crippen LogP contribution < -0.4 is 0 Å². The summed E-state index contributed by atoms with van der Waals surface area (Å²) < 4.78 is 15.4. The molecule has 1 fully saturated rings. The molecule has 23 heavy (non-hydrogen) atoms. The van der Waals surface area contributed by atoms with E-state index in [1.54, 1.807) is 0 Å². The van der Waals surface area contributed by atoms with Crippen LogP contribution in [0, 0.1) is 0 Å². The maximum atomic E-state index is 12.5. The van der Waals surface area contributed by atoms with Crippen LogP contribution in [0.25, 0.3) is 0 Å². The number of rotatable bonds is 6. The summed E-state index contributed by atoms with van der Waals surface area (Å²) in [5, 5.41) is 0. The monoisotopic (exact) mass is 356 g/mol. The van der Waals surface area contributed by atoms with Crippen LogP contribution in [0.3, 0.4) is 0 Å². The molecule has 0 amide bonds. The number of hydrogen-bond donors (Lipinski definition) is 0. The van der Waals surface area contributed by atoms with Crippen molar-refractivity contribution in [3.8, 4) is 0 Å². The highest BCUT2D eigenvalue weighted by Crippen LogP contribution is 2.63. The van der Waals surface area contributed by atoms with E-state index in [9.17, 15) is 4.79 Å². The molecular formula is C16H25N2O3PS. The first-order valence-electron chi connectivity index (χ1n) is 7.83. The Labute approximate surface area is 143 Å². The molecule has 3 atom stereocenters. The Kier molecular flexibility index (Phi) is 6.34. The van der Waals surface area contributed by atoms with Crippen molar-refractivity contribution in [1.82, 2.24) is 9.34 Å². The van der Waals surface area contributed by atoms with E-state index in [0.29, 0.717) is 6.61 Å². The lowest BCUT2D eigenvalue weighted by Crippen LogP contribution is -2.31. The zero-order valence-electron chi connectivity index (χ0n) is 14.1. The molecule has 0 aliphatic carbocycles. The molecule has 0 N–H and O–H groups in total. The first kappa shape index (κ1) is 18.6. The summed E-state index contributed by atoms with van der Waals surface area (Å²) in [6.45, 7) is 0.0792. The SMILES string of the molecule is CCCCOC(=O)[C@H]1OP(=S)(N(C)C)N(C)[C@@H]1c1ccccc1. The molecule has 1 aromatic carbocycles. The lowest BCUT2D eigenvalue weighted by Gasteiger charge is -2.30. The highest BCUT2D eigenvalue weighted by molar-refractivity contribution is 8.10. The fourth-order valence-electron chi connectivity index (χ4n) is 2.62. The van der Waals surface area contributed by atoms with E-state index in [1.807, 2.05) is 60.8 Å². The van der Waals surface area contributed by atoms with Crippen LogP contribution >= 0.6 is 6.57 Å². The smallest absolute Gasteiger partial charge is 0.337 e. The maximum Gasteiger partial charge on any atom is 0.337 e. The van der Waals surface area contributed by atoms with E-state index in [0.717, 1.165) is 18.4 Å². The van der Waals surface area contributed by atoms with Crippen LogP contribution in [0.15, 0.2) is 30.3 Å². The summed E-state index contributed by atoms with van der Waals surface area (Å²) in [7, 11) is 5.71. The molecule has 1 aliphatic rings. The van der Waals surface area contributed by atoms with E-state index in [4.69, 9.17) is 21.1 Å². The quantitative estimate of drug-likeness (QED) is 0.443. The summed E-state index contributed by atoms with van der Waals surface area (Å²) in [4.78, 5) is 12.5. The zero-order chi connectivity index (χ0) is 17.0. The van der Waals surface area contributed by atoms with Gasteiger partial charge in [-0.2, -0.15) is 0 Å². The number of nitrogens with zero attached hydrogens (tertiary/aromatic N) is 2. The predicted octanol–water partition coefficient (Wildman–Crippen LogP) is 3.19. The van der Waals surface area contributed by atoms with Crippen molar-refractivity contribution in [2.45, 2.75) is 31.9 Å². The van der Waals surface area contributed by atoms with Gasteiger partial charge in [0.15, 0.2) is 6.10 Å². The van der Waals surface area contributed by atoms with Crippen molar-refractivity contribution in [1.29, 1.82) is 0 Å². The zero-order valence-corrected chi connectivity index (χ0v) is 15.8. The number of unbranched alkanes of at least 4 members (excludes halogenated alkanes) is 1. The minimum Gasteiger partial charge on any atom is -0.464 e. The summed E-state index contributed by atoms with van der Waals surface area (Å²) >= 11 is 5.76. The topological polar surface area (TPSA) is 42.0 Å². The normalized spacial score (nSPS) is 28.2. The third kappa shape index (κ3) is 3.83. The van der Waals surface area contributed by atoms with Crippen molar-refractivity contribution in [3.05, 3.63) is 35.9 Å². The third-order valence-electron chi connectivity index (χ3n) is 3.96. The first-order chi connectivity index (χ1) is 10.9. The second-order valence-electron chi connectivity index (χ2n) is 5.81. The maximum absolute atomic E-state index is 12.5. The molecule has 0 spiro atoms. The molecule has 0 bridgehead atoms. The molecule has 1 unspecified atom stereocenters. The number of esters is 1. The third-order valence-corrected chi connectivity index (χ3v) is 8.53. The number of carbonyl (C=O) groups excluding carboxylic acids is 1. The van der Waals surface area contributed by atoms with Crippen molar-refractivity contribution in [3.63, 3.8) is 0 Å². The van der Waals surface area contributed by atoms with E-state index in [2.05, 4.69) is 6.92 Å². The molecule has 0 aromatic heterocycles. The summed E-state index contributed by atoms with van der Waals surface area (Å²) in [6.07, 6.45) is 1.15. The molecule has 1 aromatic rings. The fourth-order valence-corrected chi connectivity index (χ4v) is 5.17. The van der Waals surface area contributed by atoms with Gasteiger partial charge in [-0.15, -0.1) is 0 Å². The fraction of sp³-hybridized carbons (Fsp3) is 0.562. The van der Waals surface area contributed by atoms with Gasteiger partial charge in [0.1, 0.15) is 0 Å². The van der Waals surface area contributed by atoms with E-state index in [-0.39, 0.29) is 12.0 Å². The van der Waals surface area contributed by atoms with E-state index < -0.39 is 12.7 Å². The average Bonchev–Trinajstić information content (AvgIpc) is 2.82. The molecule has 1 aliphatic heterocycles. The Balaban J connectivity index is 2.30. The Bertz CT molecular complexity index is 582. The van der Waals surface area contributed by atoms with Gasteiger partial charge >= 0.3 is 5.97 Å². The minimum atomic E-state index is -2.40. The van der Waals surface area contributed by atoms with Gasteiger partial charge in [-0.05, 0) is 44.9 Å². The Morgan fingerprint density at radius 3 is 2.61 bits per heavy atom. The van der Waals surface area contributed by atoms with Gasteiger partial charge in [-0.25, -0.2) is 14.1 Å². The second-order valence-corrected chi connectivity index (χ2v) is 9.86. The van der Waals surface area contributed by atoms with Gasteiger partial charge in [0, 0.05) is 0 Å². The molecule has 0 radical (unpaired) electrons. The lowest BCUT2D eigenvalue weighted by atomic mass is 10.0. The van der Waals surface area contributed by atoms with Crippen LogP contribution in [0.4, 0.5) is 0 Å². The van der Waals surface area contributed by atoms with Gasteiger partial charge in [-0.1, -0.05) is 43.7 Å². The van der Waals surface area contributed by atoms with Crippen LogP contribution in [0.2, 0.25) is 0 Å². The van der Waals surface area contributed by atoms with Gasteiger partial charge < -0.3 is 9.26 Å². The van der Waals surface area contributed by atoms with Crippen molar-refractivity contribution < 1.29 is 14.1 Å². The number of likely N-dealkylation sites (N-methyl/N-ethyl adjacent to an activating group) is 1. The summed E-state index contributed by atoms with van der Waals surface area (Å²) in [6, 6.07) is 9.64. The predicted molar refractivity (Wildman–Crippen MR) is 95.7 cm³/mol. The van der Waals surface area contributed by atoms with Crippen molar-refractivity contribution >= 4 is 24.3 Å². The largest absolute Gasteiger partial charge is 0.464 e. The van der Waals surface area contributed by atoms with Gasteiger partial charge in [0.25, 0.3) is 0 Å².